The molecule has 2 aliphatic heterocycles. The number of allylic oxidation sites excluding steroid dienone is 1. The number of benzene rings is 1. The number of hydrogen-bond acceptors (Lipinski definition) is 9. The molecule has 2 heterocycles. The van der Waals surface area contributed by atoms with Crippen LogP contribution in [0.25, 0.3) is 0 Å². The quantitative estimate of drug-likeness (QED) is 0.0857. The zero-order chi connectivity index (χ0) is 38.3. The molecular weight excluding hydrogens is 685 g/mol. The number of carbonyl (C=O) groups excluding carboxylic acids is 4. The van der Waals surface area contributed by atoms with Crippen molar-refractivity contribution in [2.75, 3.05) is 45.9 Å². The molecule has 2 saturated heterocycles. The molecule has 290 valence electrons. The number of aliphatic carboxylic acids is 1. The Hall–Kier alpha value is -3.42. The van der Waals surface area contributed by atoms with Crippen molar-refractivity contribution < 1.29 is 38.6 Å². The third kappa shape index (κ3) is 15.7. The van der Waals surface area contributed by atoms with Crippen LogP contribution in [0.2, 0.25) is 0 Å². The van der Waals surface area contributed by atoms with Gasteiger partial charge in [0, 0.05) is 57.0 Å². The lowest BCUT2D eigenvalue weighted by molar-refractivity contribution is -0.165. The highest BCUT2D eigenvalue weighted by Gasteiger charge is 2.33. The van der Waals surface area contributed by atoms with Crippen LogP contribution in [-0.4, -0.2) is 101 Å². The lowest BCUT2D eigenvalue weighted by atomic mass is 9.82. The number of carboxylic acid groups (broad SMARTS) is 1. The highest BCUT2D eigenvalue weighted by Crippen LogP contribution is 2.40. The molecule has 4 unspecified atom stereocenters. The highest BCUT2D eigenvalue weighted by molar-refractivity contribution is 7.81. The summed E-state index contributed by atoms with van der Waals surface area (Å²) in [5.41, 5.74) is 2.43. The van der Waals surface area contributed by atoms with Gasteiger partial charge in [-0.2, -0.15) is 12.6 Å². The number of thiol groups is 1. The number of esters is 1. The highest BCUT2D eigenvalue weighted by atomic mass is 32.1. The molecule has 12 nitrogen and oxygen atoms in total. The minimum atomic E-state index is -1.21. The van der Waals surface area contributed by atoms with Gasteiger partial charge in [-0.3, -0.25) is 24.1 Å². The Morgan fingerprint density at radius 2 is 1.73 bits per heavy atom. The first-order chi connectivity index (χ1) is 24.6. The van der Waals surface area contributed by atoms with Gasteiger partial charge in [-0.05, 0) is 67.1 Å². The van der Waals surface area contributed by atoms with Crippen LogP contribution in [-0.2, 0) is 40.0 Å². The van der Waals surface area contributed by atoms with E-state index in [0.29, 0.717) is 24.7 Å². The molecule has 0 radical (unpaired) electrons. The van der Waals surface area contributed by atoms with Crippen molar-refractivity contribution in [3.8, 4) is 0 Å². The largest absolute Gasteiger partial charge is 0.479 e. The number of amides is 3. The molecule has 0 bridgehead atoms. The van der Waals surface area contributed by atoms with Gasteiger partial charge in [0.25, 0.3) is 0 Å². The molecular formula is C39H60N4O8S. The second-order valence-corrected chi connectivity index (χ2v) is 16.4. The average Bonchev–Trinajstić information content (AvgIpc) is 3.58. The molecule has 0 saturated carbocycles. The summed E-state index contributed by atoms with van der Waals surface area (Å²) in [4.78, 5) is 64.5. The van der Waals surface area contributed by atoms with Gasteiger partial charge in [-0.1, -0.05) is 65.0 Å². The fourth-order valence-corrected chi connectivity index (χ4v) is 6.64. The maximum Gasteiger partial charge on any atom is 0.345 e. The Labute approximate surface area is 314 Å². The van der Waals surface area contributed by atoms with Crippen LogP contribution in [0.15, 0.2) is 36.4 Å². The summed E-state index contributed by atoms with van der Waals surface area (Å²) in [5, 5.41) is 14.2. The van der Waals surface area contributed by atoms with Gasteiger partial charge >= 0.3 is 11.9 Å². The van der Waals surface area contributed by atoms with Gasteiger partial charge in [0.05, 0.1) is 19.1 Å². The van der Waals surface area contributed by atoms with Gasteiger partial charge in [0.1, 0.15) is 0 Å². The number of hydrogen-bond donors (Lipinski definition) is 4. The molecule has 1 aromatic carbocycles. The predicted molar refractivity (Wildman–Crippen MR) is 203 cm³/mol. The van der Waals surface area contributed by atoms with Crippen LogP contribution in [0, 0.1) is 17.8 Å². The molecule has 52 heavy (non-hydrogen) atoms. The summed E-state index contributed by atoms with van der Waals surface area (Å²) in [7, 11) is 0. The maximum absolute atomic E-state index is 12.6. The fraction of sp³-hybridized carbons (Fsp3) is 0.667. The van der Waals surface area contributed by atoms with E-state index in [-0.39, 0.29) is 54.5 Å². The van der Waals surface area contributed by atoms with E-state index in [1.54, 1.807) is 0 Å². The third-order valence-corrected chi connectivity index (χ3v) is 9.85. The molecule has 0 aliphatic carbocycles. The standard InChI is InChI=1S/C39H60N4O8S/c1-27(2)24-32(38(48)49)51-36(47)15-18-40-34(45)25-41-33(44)9-7-6-8-28(3)31-16-23-50-37(31)30-12-10-29(11-13-30)26-42-19-21-43(22-20-42)35(46)14-17-39(4,5)52/h7,9-13,27-28,31-32,37,52H,6,8,14-26H2,1-5H3,(H,40,45)(H,41,44)(H,48,49). The Kier molecular flexibility index (Phi) is 17.6. The van der Waals surface area contributed by atoms with Crippen molar-refractivity contribution in [3.63, 3.8) is 0 Å². The van der Waals surface area contributed by atoms with Gasteiger partial charge in [0.15, 0.2) is 6.10 Å². The first-order valence-corrected chi connectivity index (χ1v) is 19.1. The molecule has 2 fully saturated rings. The number of piperazine rings is 1. The maximum atomic E-state index is 12.6. The summed E-state index contributed by atoms with van der Waals surface area (Å²) in [6, 6.07) is 8.73. The van der Waals surface area contributed by atoms with E-state index >= 15 is 0 Å². The number of nitrogens with one attached hydrogen (secondary N) is 2. The fourth-order valence-electron chi connectivity index (χ4n) is 6.53. The van der Waals surface area contributed by atoms with Crippen LogP contribution in [0.1, 0.15) is 96.8 Å². The molecule has 3 amide bonds. The van der Waals surface area contributed by atoms with Crippen LogP contribution in [0.5, 0.6) is 0 Å². The molecule has 1 aromatic rings. The molecule has 2 aliphatic rings. The average molecular weight is 745 g/mol. The van der Waals surface area contributed by atoms with Gasteiger partial charge in [-0.15, -0.1) is 0 Å². The number of carboxylic acids is 1. The molecule has 13 heteroatoms. The number of carbonyl (C=O) groups is 5. The summed E-state index contributed by atoms with van der Waals surface area (Å²) in [6.45, 7) is 14.5. The lowest BCUT2D eigenvalue weighted by Gasteiger charge is -2.35. The van der Waals surface area contributed by atoms with Crippen LogP contribution >= 0.6 is 12.6 Å². The first-order valence-electron chi connectivity index (χ1n) is 18.7. The SMILES string of the molecule is CC(C)CC(OC(=O)CCNC(=O)CNC(=O)C=CCCC(C)C1CCOC1c1ccc(CN2CCN(C(=O)CCC(C)(C)S)CC2)cc1)C(=O)O. The Morgan fingerprint density at radius 1 is 1.04 bits per heavy atom. The second-order valence-electron chi connectivity index (χ2n) is 15.2. The molecule has 0 aromatic heterocycles. The van der Waals surface area contributed by atoms with E-state index in [0.717, 1.165) is 58.6 Å². The van der Waals surface area contributed by atoms with Crippen molar-refractivity contribution in [2.24, 2.45) is 17.8 Å². The zero-order valence-corrected chi connectivity index (χ0v) is 32.5. The van der Waals surface area contributed by atoms with Crippen molar-refractivity contribution in [2.45, 2.75) is 103 Å². The van der Waals surface area contributed by atoms with Crippen molar-refractivity contribution in [1.82, 2.24) is 20.4 Å². The van der Waals surface area contributed by atoms with Crippen molar-refractivity contribution >= 4 is 42.3 Å². The predicted octanol–water partition coefficient (Wildman–Crippen LogP) is 4.53. The number of ether oxygens (including phenoxy) is 2. The van der Waals surface area contributed by atoms with Crippen molar-refractivity contribution in [3.05, 3.63) is 47.5 Å². The van der Waals surface area contributed by atoms with E-state index in [2.05, 4.69) is 59.4 Å². The molecule has 3 N–H and O–H groups in total. The smallest absolute Gasteiger partial charge is 0.345 e. The summed E-state index contributed by atoms with van der Waals surface area (Å²) in [5.74, 6) is -1.73. The Bertz CT molecular complexity index is 1350. The minimum absolute atomic E-state index is 0.0243. The third-order valence-electron chi connectivity index (χ3n) is 9.63. The zero-order valence-electron chi connectivity index (χ0n) is 31.6. The Balaban J connectivity index is 1.32. The van der Waals surface area contributed by atoms with E-state index in [9.17, 15) is 29.1 Å². The van der Waals surface area contributed by atoms with E-state index in [1.165, 1.54) is 17.2 Å². The van der Waals surface area contributed by atoms with Gasteiger partial charge in [-0.25, -0.2) is 4.79 Å². The second kappa shape index (κ2) is 21.3. The van der Waals surface area contributed by atoms with Gasteiger partial charge in [0.2, 0.25) is 17.7 Å². The van der Waals surface area contributed by atoms with E-state index in [1.807, 2.05) is 38.7 Å². The van der Waals surface area contributed by atoms with Crippen molar-refractivity contribution in [1.29, 1.82) is 0 Å². The number of rotatable bonds is 20. The van der Waals surface area contributed by atoms with Crippen LogP contribution in [0.3, 0.4) is 0 Å². The van der Waals surface area contributed by atoms with Crippen LogP contribution < -0.4 is 10.6 Å². The Morgan fingerprint density at radius 3 is 2.37 bits per heavy atom. The van der Waals surface area contributed by atoms with E-state index < -0.39 is 23.9 Å². The molecule has 4 atom stereocenters. The van der Waals surface area contributed by atoms with E-state index in [4.69, 9.17) is 9.47 Å². The number of nitrogens with zero attached hydrogens (tertiary/aromatic N) is 2. The summed E-state index contributed by atoms with van der Waals surface area (Å²) in [6.07, 6.45) is 6.01. The molecule has 0 spiro atoms. The lowest BCUT2D eigenvalue weighted by Crippen LogP contribution is -2.48. The summed E-state index contributed by atoms with van der Waals surface area (Å²) >= 11 is 4.54. The topological polar surface area (TPSA) is 155 Å². The summed E-state index contributed by atoms with van der Waals surface area (Å²) < 4.78 is 11.1. The van der Waals surface area contributed by atoms with Crippen LogP contribution in [0.4, 0.5) is 0 Å². The molecule has 3 rings (SSSR count). The first kappa shape index (κ1) is 43.0. The van der Waals surface area contributed by atoms with Gasteiger partial charge < -0.3 is 30.1 Å². The minimum Gasteiger partial charge on any atom is -0.479 e. The monoisotopic (exact) mass is 744 g/mol. The normalized spacial score (nSPS) is 19.4.